The zero-order valence-corrected chi connectivity index (χ0v) is 12.1. The van der Waals surface area contributed by atoms with Gasteiger partial charge in [-0.15, -0.1) is 11.3 Å². The molecule has 0 aromatic carbocycles. The first-order valence-corrected chi connectivity index (χ1v) is 7.58. The van der Waals surface area contributed by atoms with Gasteiger partial charge in [0.2, 0.25) is 10.0 Å². The number of hydrogen-bond donors (Lipinski definition) is 1. The molecule has 16 heavy (non-hydrogen) atoms. The van der Waals surface area contributed by atoms with Crippen molar-refractivity contribution in [1.82, 2.24) is 4.72 Å². The number of nitrogens with one attached hydrogen (secondary N) is 1. The molecule has 3 nitrogen and oxygen atoms in total. The van der Waals surface area contributed by atoms with Crippen LogP contribution < -0.4 is 4.72 Å². The molecule has 0 bridgehead atoms. The van der Waals surface area contributed by atoms with Crippen molar-refractivity contribution in [3.63, 3.8) is 0 Å². The summed E-state index contributed by atoms with van der Waals surface area (Å²) in [5, 5.41) is 0. The summed E-state index contributed by atoms with van der Waals surface area (Å²) in [5.41, 5.74) is -0.117. The number of sulfonamides is 1. The summed E-state index contributed by atoms with van der Waals surface area (Å²) in [7, 11) is -3.44. The Morgan fingerprint density at radius 2 is 1.94 bits per heavy atom. The SMILES string of the molecule is CC(NS(=O)(=O)c1ccc(Cl)s1)C(C)(C)C. The highest BCUT2D eigenvalue weighted by Gasteiger charge is 2.26. The average Bonchev–Trinajstić information content (AvgIpc) is 2.49. The normalized spacial score (nSPS) is 15.1. The van der Waals surface area contributed by atoms with Crippen molar-refractivity contribution < 1.29 is 8.42 Å². The van der Waals surface area contributed by atoms with Gasteiger partial charge in [-0.3, -0.25) is 0 Å². The Balaban J connectivity index is 2.89. The van der Waals surface area contributed by atoms with Crippen molar-refractivity contribution in [1.29, 1.82) is 0 Å². The average molecular weight is 282 g/mol. The van der Waals surface area contributed by atoms with Gasteiger partial charge in [-0.25, -0.2) is 13.1 Å². The summed E-state index contributed by atoms with van der Waals surface area (Å²) < 4.78 is 27.3. The van der Waals surface area contributed by atoms with Crippen LogP contribution in [-0.2, 0) is 10.0 Å². The lowest BCUT2D eigenvalue weighted by atomic mass is 9.89. The maximum absolute atomic E-state index is 11.9. The van der Waals surface area contributed by atoms with E-state index in [1.54, 1.807) is 6.07 Å². The number of hydrogen-bond acceptors (Lipinski definition) is 3. The predicted octanol–water partition coefficient (Wildman–Crippen LogP) is 3.11. The third-order valence-corrected chi connectivity index (χ3v) is 5.71. The van der Waals surface area contributed by atoms with Gasteiger partial charge in [-0.2, -0.15) is 0 Å². The molecule has 0 fully saturated rings. The second-order valence-electron chi connectivity index (χ2n) is 4.77. The Hall–Kier alpha value is -0.100. The van der Waals surface area contributed by atoms with Crippen molar-refractivity contribution in [2.75, 3.05) is 0 Å². The van der Waals surface area contributed by atoms with Crippen LogP contribution in [0.25, 0.3) is 0 Å². The molecule has 1 atom stereocenters. The first-order chi connectivity index (χ1) is 7.13. The minimum atomic E-state index is -3.44. The van der Waals surface area contributed by atoms with Gasteiger partial charge in [0.05, 0.1) is 4.34 Å². The molecule has 1 aromatic heterocycles. The summed E-state index contributed by atoms with van der Waals surface area (Å²) in [5.74, 6) is 0. The number of thiophene rings is 1. The van der Waals surface area contributed by atoms with Gasteiger partial charge in [-0.05, 0) is 24.5 Å². The van der Waals surface area contributed by atoms with Crippen LogP contribution >= 0.6 is 22.9 Å². The highest BCUT2D eigenvalue weighted by Crippen LogP contribution is 2.27. The molecule has 0 radical (unpaired) electrons. The molecule has 0 saturated heterocycles. The molecular formula is C10H16ClNO2S2. The van der Waals surface area contributed by atoms with E-state index in [2.05, 4.69) is 4.72 Å². The lowest BCUT2D eigenvalue weighted by molar-refractivity contribution is 0.318. The van der Waals surface area contributed by atoms with Gasteiger partial charge in [-0.1, -0.05) is 32.4 Å². The monoisotopic (exact) mass is 281 g/mol. The van der Waals surface area contributed by atoms with Crippen LogP contribution in [0.1, 0.15) is 27.7 Å². The Bertz CT molecular complexity index is 459. The Morgan fingerprint density at radius 1 is 1.38 bits per heavy atom. The summed E-state index contributed by atoms with van der Waals surface area (Å²) in [6, 6.07) is 2.96. The van der Waals surface area contributed by atoms with Crippen LogP contribution in [0, 0.1) is 5.41 Å². The van der Waals surface area contributed by atoms with Crippen LogP contribution in [0.2, 0.25) is 4.34 Å². The molecule has 92 valence electrons. The Labute approximate surface area is 106 Å². The molecule has 1 heterocycles. The molecule has 6 heteroatoms. The van der Waals surface area contributed by atoms with E-state index in [4.69, 9.17) is 11.6 Å². The highest BCUT2D eigenvalue weighted by molar-refractivity contribution is 7.91. The molecule has 0 aliphatic heterocycles. The van der Waals surface area contributed by atoms with Crippen molar-refractivity contribution in [3.05, 3.63) is 16.5 Å². The topological polar surface area (TPSA) is 46.2 Å². The molecule has 0 aliphatic carbocycles. The zero-order chi connectivity index (χ0) is 12.6. The lowest BCUT2D eigenvalue weighted by Gasteiger charge is -2.27. The molecule has 1 rings (SSSR count). The molecule has 1 N–H and O–H groups in total. The van der Waals surface area contributed by atoms with Crippen LogP contribution in [0.3, 0.4) is 0 Å². The fourth-order valence-electron chi connectivity index (χ4n) is 0.910. The number of rotatable bonds is 3. The van der Waals surface area contributed by atoms with Crippen LogP contribution in [-0.4, -0.2) is 14.5 Å². The largest absolute Gasteiger partial charge is 0.250 e. The van der Waals surface area contributed by atoms with E-state index in [1.807, 2.05) is 27.7 Å². The molecule has 1 aromatic rings. The standard InChI is InChI=1S/C10H16ClNO2S2/c1-7(10(2,3)4)12-16(13,14)9-6-5-8(11)15-9/h5-7,12H,1-4H3. The van der Waals surface area contributed by atoms with Crippen LogP contribution in [0.5, 0.6) is 0 Å². The lowest BCUT2D eigenvalue weighted by Crippen LogP contribution is -2.41. The Kier molecular flexibility index (Phi) is 4.05. The van der Waals surface area contributed by atoms with Gasteiger partial charge in [0.1, 0.15) is 4.21 Å². The van der Waals surface area contributed by atoms with E-state index in [1.165, 1.54) is 6.07 Å². The highest BCUT2D eigenvalue weighted by atomic mass is 35.5. The predicted molar refractivity (Wildman–Crippen MR) is 68.6 cm³/mol. The molecule has 0 amide bonds. The maximum atomic E-state index is 11.9. The summed E-state index contributed by atoms with van der Waals surface area (Å²) in [6.07, 6.45) is 0. The van der Waals surface area contributed by atoms with E-state index >= 15 is 0 Å². The van der Waals surface area contributed by atoms with E-state index in [9.17, 15) is 8.42 Å². The Morgan fingerprint density at radius 3 is 2.31 bits per heavy atom. The fraction of sp³-hybridized carbons (Fsp3) is 0.600. The minimum absolute atomic E-state index is 0.117. The summed E-state index contributed by atoms with van der Waals surface area (Å²) in [6.45, 7) is 7.82. The first-order valence-electron chi connectivity index (χ1n) is 4.90. The quantitative estimate of drug-likeness (QED) is 0.925. The molecule has 1 unspecified atom stereocenters. The second kappa shape index (κ2) is 4.64. The van der Waals surface area contributed by atoms with Crippen LogP contribution in [0.15, 0.2) is 16.3 Å². The van der Waals surface area contributed by atoms with Crippen molar-refractivity contribution in [3.8, 4) is 0 Å². The third kappa shape index (κ3) is 3.45. The van der Waals surface area contributed by atoms with E-state index in [0.29, 0.717) is 4.34 Å². The maximum Gasteiger partial charge on any atom is 0.250 e. The van der Waals surface area contributed by atoms with E-state index < -0.39 is 10.0 Å². The first kappa shape index (κ1) is 14.0. The van der Waals surface area contributed by atoms with Gasteiger partial charge in [0.25, 0.3) is 0 Å². The second-order valence-corrected chi connectivity index (χ2v) is 8.42. The van der Waals surface area contributed by atoms with Gasteiger partial charge < -0.3 is 0 Å². The smallest absolute Gasteiger partial charge is 0.207 e. The molecule has 0 aliphatic rings. The minimum Gasteiger partial charge on any atom is -0.207 e. The van der Waals surface area contributed by atoms with Crippen molar-refractivity contribution >= 4 is 33.0 Å². The van der Waals surface area contributed by atoms with Gasteiger partial charge >= 0.3 is 0 Å². The van der Waals surface area contributed by atoms with E-state index in [0.717, 1.165) is 11.3 Å². The molecule has 0 saturated carbocycles. The number of halogens is 1. The van der Waals surface area contributed by atoms with Crippen molar-refractivity contribution in [2.24, 2.45) is 5.41 Å². The van der Waals surface area contributed by atoms with Gasteiger partial charge in [0.15, 0.2) is 0 Å². The molecular weight excluding hydrogens is 266 g/mol. The summed E-state index contributed by atoms with van der Waals surface area (Å²) >= 11 is 6.78. The van der Waals surface area contributed by atoms with Crippen molar-refractivity contribution in [2.45, 2.75) is 37.9 Å². The fourth-order valence-corrected chi connectivity index (χ4v) is 3.86. The third-order valence-electron chi connectivity index (χ3n) is 2.44. The zero-order valence-electron chi connectivity index (χ0n) is 9.74. The molecule has 0 spiro atoms. The van der Waals surface area contributed by atoms with Gasteiger partial charge in [0, 0.05) is 6.04 Å². The van der Waals surface area contributed by atoms with E-state index in [-0.39, 0.29) is 15.7 Å². The van der Waals surface area contributed by atoms with Crippen LogP contribution in [0.4, 0.5) is 0 Å². The summed E-state index contributed by atoms with van der Waals surface area (Å²) in [4.78, 5) is 0.